The third-order valence-electron chi connectivity index (χ3n) is 5.40. The minimum atomic E-state index is -0.0111. The number of fused-ring (bicyclic) bond motifs is 1. The molecule has 0 atom stereocenters. The molecule has 0 bridgehead atoms. The Hall–Kier alpha value is -1.95. The van der Waals surface area contributed by atoms with Crippen LogP contribution in [0.1, 0.15) is 40.9 Å². The van der Waals surface area contributed by atoms with Crippen LogP contribution in [0.4, 0.5) is 5.13 Å². The van der Waals surface area contributed by atoms with Crippen LogP contribution in [0.25, 0.3) is 10.2 Å². The highest BCUT2D eigenvalue weighted by Gasteiger charge is 2.22. The molecule has 6 heteroatoms. The molecule has 0 saturated carbocycles. The van der Waals surface area contributed by atoms with E-state index in [-0.39, 0.29) is 5.91 Å². The molecule has 1 amide bonds. The second-order valence-corrected chi connectivity index (χ2v) is 8.79. The van der Waals surface area contributed by atoms with E-state index in [2.05, 4.69) is 25.7 Å². The lowest BCUT2D eigenvalue weighted by atomic mass is 10.1. The van der Waals surface area contributed by atoms with Crippen molar-refractivity contribution in [2.75, 3.05) is 31.1 Å². The smallest absolute Gasteiger partial charge is 0.260 e. The Balaban J connectivity index is 2.01. The van der Waals surface area contributed by atoms with Crippen molar-refractivity contribution in [1.29, 1.82) is 0 Å². The maximum Gasteiger partial charge on any atom is 0.260 e. The summed E-state index contributed by atoms with van der Waals surface area (Å²) >= 11 is 7.76. The van der Waals surface area contributed by atoms with E-state index in [4.69, 9.17) is 16.6 Å². The number of carbonyl (C=O) groups is 1. The molecule has 0 aliphatic heterocycles. The fraction of sp³-hybridized carbons (Fsp3) is 0.391. The van der Waals surface area contributed by atoms with E-state index in [1.54, 1.807) is 0 Å². The lowest BCUT2D eigenvalue weighted by Gasteiger charge is -2.25. The molecule has 1 aromatic heterocycles. The summed E-state index contributed by atoms with van der Waals surface area (Å²) in [5.74, 6) is -0.0111. The van der Waals surface area contributed by atoms with Crippen LogP contribution in [-0.4, -0.2) is 42.0 Å². The van der Waals surface area contributed by atoms with Crippen molar-refractivity contribution >= 4 is 44.2 Å². The predicted molar refractivity (Wildman–Crippen MR) is 125 cm³/mol. The molecule has 154 valence electrons. The number of aryl methyl sites for hydroxylation is 3. The van der Waals surface area contributed by atoms with E-state index in [0.29, 0.717) is 17.1 Å². The fourth-order valence-corrected chi connectivity index (χ4v) is 4.80. The van der Waals surface area contributed by atoms with Crippen LogP contribution >= 0.6 is 22.9 Å². The third kappa shape index (κ3) is 4.80. The summed E-state index contributed by atoms with van der Waals surface area (Å²) in [6, 6.07) is 9.72. The highest BCUT2D eigenvalue weighted by molar-refractivity contribution is 7.22. The van der Waals surface area contributed by atoms with Crippen LogP contribution in [0.5, 0.6) is 0 Å². The number of likely N-dealkylation sites (N-methyl/N-ethyl adjacent to an activating group) is 1. The number of amides is 1. The van der Waals surface area contributed by atoms with Gasteiger partial charge >= 0.3 is 0 Å². The normalized spacial score (nSPS) is 11.4. The second-order valence-electron chi connectivity index (χ2n) is 7.35. The standard InChI is InChI=1S/C23H28ClN3OS/c1-6-26(7-2)10-11-27(22(28)18-9-8-15(3)16(4)12-18)23-25-21-17(5)13-19(24)14-20(21)29-23/h8-9,12-14H,6-7,10-11H2,1-5H3. The molecule has 3 rings (SSSR count). The van der Waals surface area contributed by atoms with Crippen LogP contribution in [0.2, 0.25) is 5.02 Å². The molecular formula is C23H28ClN3OS. The number of halogens is 1. The van der Waals surface area contributed by atoms with Gasteiger partial charge in [-0.1, -0.05) is 42.9 Å². The Morgan fingerprint density at radius 1 is 1.00 bits per heavy atom. The largest absolute Gasteiger partial charge is 0.302 e. The first-order valence-corrected chi connectivity index (χ1v) is 11.2. The summed E-state index contributed by atoms with van der Waals surface area (Å²) in [5, 5.41) is 1.42. The molecule has 2 aromatic carbocycles. The van der Waals surface area contributed by atoms with Gasteiger partial charge < -0.3 is 4.90 Å². The number of nitrogens with zero attached hydrogens (tertiary/aromatic N) is 3. The van der Waals surface area contributed by atoms with Gasteiger partial charge in [0.15, 0.2) is 5.13 Å². The molecule has 0 aliphatic rings. The molecule has 0 fully saturated rings. The molecule has 4 nitrogen and oxygen atoms in total. The van der Waals surface area contributed by atoms with Gasteiger partial charge in [0.1, 0.15) is 0 Å². The Bertz CT molecular complexity index is 1030. The number of hydrogen-bond donors (Lipinski definition) is 0. The van der Waals surface area contributed by atoms with Gasteiger partial charge in [-0.15, -0.1) is 0 Å². The first-order chi connectivity index (χ1) is 13.8. The topological polar surface area (TPSA) is 36.4 Å². The summed E-state index contributed by atoms with van der Waals surface area (Å²) in [5.41, 5.74) is 4.93. The zero-order chi connectivity index (χ0) is 21.1. The number of carbonyl (C=O) groups excluding carboxylic acids is 1. The number of hydrogen-bond acceptors (Lipinski definition) is 4. The molecule has 0 aliphatic carbocycles. The molecule has 29 heavy (non-hydrogen) atoms. The zero-order valence-electron chi connectivity index (χ0n) is 17.8. The highest BCUT2D eigenvalue weighted by atomic mass is 35.5. The van der Waals surface area contributed by atoms with Gasteiger partial charge in [-0.3, -0.25) is 9.69 Å². The van der Waals surface area contributed by atoms with Crippen LogP contribution < -0.4 is 4.90 Å². The lowest BCUT2D eigenvalue weighted by molar-refractivity contribution is 0.0983. The van der Waals surface area contributed by atoms with Crippen LogP contribution in [0.15, 0.2) is 30.3 Å². The molecule has 0 unspecified atom stereocenters. The quantitative estimate of drug-likeness (QED) is 0.471. The molecule has 0 radical (unpaired) electrons. The van der Waals surface area contributed by atoms with Crippen LogP contribution in [-0.2, 0) is 0 Å². The molecule has 0 spiro atoms. The third-order valence-corrected chi connectivity index (χ3v) is 6.65. The van der Waals surface area contributed by atoms with Gasteiger partial charge in [0, 0.05) is 23.7 Å². The molecule has 0 saturated heterocycles. The van der Waals surface area contributed by atoms with Gasteiger partial charge in [0.25, 0.3) is 5.91 Å². The first kappa shape index (κ1) is 21.8. The molecule has 0 N–H and O–H groups in total. The Morgan fingerprint density at radius 2 is 1.72 bits per heavy atom. The summed E-state index contributed by atoms with van der Waals surface area (Å²) in [7, 11) is 0. The monoisotopic (exact) mass is 429 g/mol. The second kappa shape index (κ2) is 9.24. The summed E-state index contributed by atoms with van der Waals surface area (Å²) in [6.07, 6.45) is 0. The average Bonchev–Trinajstić information content (AvgIpc) is 3.11. The molecular weight excluding hydrogens is 402 g/mol. The average molecular weight is 430 g/mol. The summed E-state index contributed by atoms with van der Waals surface area (Å²) in [4.78, 5) is 22.4. The number of aromatic nitrogens is 1. The van der Waals surface area contributed by atoms with Crippen molar-refractivity contribution < 1.29 is 4.79 Å². The minimum Gasteiger partial charge on any atom is -0.302 e. The Kier molecular flexibility index (Phi) is 6.93. The van der Waals surface area contributed by atoms with E-state index in [1.807, 2.05) is 49.1 Å². The van der Waals surface area contributed by atoms with E-state index in [9.17, 15) is 4.79 Å². The number of rotatable bonds is 7. The van der Waals surface area contributed by atoms with Gasteiger partial charge in [0.2, 0.25) is 0 Å². The van der Waals surface area contributed by atoms with Gasteiger partial charge in [0.05, 0.1) is 10.2 Å². The summed E-state index contributed by atoms with van der Waals surface area (Å²) < 4.78 is 1.01. The van der Waals surface area contributed by atoms with Crippen molar-refractivity contribution in [2.45, 2.75) is 34.6 Å². The zero-order valence-corrected chi connectivity index (χ0v) is 19.3. The van der Waals surface area contributed by atoms with Gasteiger partial charge in [-0.2, -0.15) is 0 Å². The Morgan fingerprint density at radius 3 is 2.38 bits per heavy atom. The molecule has 3 aromatic rings. The van der Waals surface area contributed by atoms with Gasteiger partial charge in [-0.25, -0.2) is 4.98 Å². The lowest BCUT2D eigenvalue weighted by Crippen LogP contribution is -2.38. The fourth-order valence-electron chi connectivity index (χ4n) is 3.35. The number of thiazole rings is 1. The SMILES string of the molecule is CCN(CC)CCN(C(=O)c1ccc(C)c(C)c1)c1nc2c(C)cc(Cl)cc2s1. The van der Waals surface area contributed by atoms with E-state index < -0.39 is 0 Å². The van der Waals surface area contributed by atoms with E-state index >= 15 is 0 Å². The van der Waals surface area contributed by atoms with E-state index in [0.717, 1.165) is 46.1 Å². The van der Waals surface area contributed by atoms with Crippen molar-refractivity contribution in [3.63, 3.8) is 0 Å². The maximum atomic E-state index is 13.5. The van der Waals surface area contributed by atoms with Crippen LogP contribution in [0.3, 0.4) is 0 Å². The van der Waals surface area contributed by atoms with Crippen molar-refractivity contribution in [2.24, 2.45) is 0 Å². The van der Waals surface area contributed by atoms with Crippen molar-refractivity contribution in [3.05, 3.63) is 57.6 Å². The van der Waals surface area contributed by atoms with Crippen molar-refractivity contribution in [1.82, 2.24) is 9.88 Å². The predicted octanol–water partition coefficient (Wildman–Crippen LogP) is 5.86. The Labute approximate surface area is 182 Å². The van der Waals surface area contributed by atoms with Gasteiger partial charge in [-0.05, 0) is 74.8 Å². The highest BCUT2D eigenvalue weighted by Crippen LogP contribution is 2.33. The van der Waals surface area contributed by atoms with Crippen molar-refractivity contribution in [3.8, 4) is 0 Å². The number of benzene rings is 2. The van der Waals surface area contributed by atoms with Crippen LogP contribution in [0, 0.1) is 20.8 Å². The van der Waals surface area contributed by atoms with E-state index in [1.165, 1.54) is 16.9 Å². The summed E-state index contributed by atoms with van der Waals surface area (Å²) in [6.45, 7) is 13.7. The minimum absolute atomic E-state index is 0.0111. The maximum absolute atomic E-state index is 13.5. The number of anilines is 1. The molecule has 1 heterocycles. The first-order valence-electron chi connectivity index (χ1n) is 10.0.